The smallest absolute Gasteiger partial charge is 0.345 e. The number of methoxy groups -OCH3 is 2. The fourth-order valence-corrected chi connectivity index (χ4v) is 11.6. The average Bonchev–Trinajstić information content (AvgIpc) is 3.33. The number of rotatable bonds is 14. The van der Waals surface area contributed by atoms with E-state index >= 15 is 0 Å². The van der Waals surface area contributed by atoms with Gasteiger partial charge in [0.1, 0.15) is 18.8 Å². The number of aliphatic hydroxyl groups is 3. The number of carbonyl (C=O) groups is 3. The molecule has 0 aliphatic carbocycles. The highest BCUT2D eigenvalue weighted by Gasteiger charge is 2.85. The molecule has 2 aromatic rings. The van der Waals surface area contributed by atoms with Crippen LogP contribution in [-0.2, 0) is 55.5 Å². The summed E-state index contributed by atoms with van der Waals surface area (Å²) >= 11 is 0. The Labute approximate surface area is 319 Å². The maximum atomic E-state index is 13.9. The van der Waals surface area contributed by atoms with Crippen molar-refractivity contribution in [3.63, 3.8) is 0 Å². The third-order valence-electron chi connectivity index (χ3n) is 11.5. The second-order valence-corrected chi connectivity index (χ2v) is 22.1. The number of esters is 3. The zero-order valence-electron chi connectivity index (χ0n) is 33.2. The van der Waals surface area contributed by atoms with Crippen molar-refractivity contribution in [1.82, 2.24) is 0 Å². The van der Waals surface area contributed by atoms with Gasteiger partial charge in [0.15, 0.2) is 5.79 Å². The van der Waals surface area contributed by atoms with E-state index in [0.717, 1.165) is 19.8 Å². The number of hydrogen-bond acceptors (Lipinski definition) is 12. The molecule has 12 nitrogen and oxygen atoms in total. The van der Waals surface area contributed by atoms with Crippen LogP contribution >= 0.6 is 0 Å². The molecule has 298 valence electrons. The van der Waals surface area contributed by atoms with Gasteiger partial charge in [0, 0.05) is 6.42 Å². The van der Waals surface area contributed by atoms with E-state index in [0.29, 0.717) is 17.6 Å². The van der Waals surface area contributed by atoms with Crippen molar-refractivity contribution < 1.29 is 57.8 Å². The average molecular weight is 771 g/mol. The van der Waals surface area contributed by atoms with Crippen molar-refractivity contribution in [2.75, 3.05) is 14.2 Å². The Morgan fingerprint density at radius 3 is 1.91 bits per heavy atom. The highest BCUT2D eigenvalue weighted by atomic mass is 28.4. The minimum atomic E-state index is -3.37. The molecule has 0 spiro atoms. The van der Waals surface area contributed by atoms with Crippen LogP contribution in [0.3, 0.4) is 0 Å². The summed E-state index contributed by atoms with van der Waals surface area (Å²) in [6.45, 7) is 21.4. The van der Waals surface area contributed by atoms with Crippen molar-refractivity contribution in [3.05, 3.63) is 83.9 Å². The molecule has 0 unspecified atom stereocenters. The first-order valence-electron chi connectivity index (χ1n) is 18.3. The highest BCUT2D eigenvalue weighted by molar-refractivity contribution is 6.78. The summed E-state index contributed by atoms with van der Waals surface area (Å²) in [6, 6.07) is 18.4. The lowest BCUT2D eigenvalue weighted by Gasteiger charge is -2.51. The molecular formula is C41H58O12Si. The molecule has 8 atom stereocenters. The maximum Gasteiger partial charge on any atom is 0.345 e. The summed E-state index contributed by atoms with van der Waals surface area (Å²) in [7, 11) is -0.679. The van der Waals surface area contributed by atoms with Crippen LogP contribution in [0.4, 0.5) is 0 Å². The van der Waals surface area contributed by atoms with E-state index in [2.05, 4.69) is 61.6 Å². The largest absolute Gasteiger partial charge is 0.467 e. The van der Waals surface area contributed by atoms with Crippen LogP contribution in [0.5, 0.6) is 0 Å². The third kappa shape index (κ3) is 7.56. The van der Waals surface area contributed by atoms with Crippen LogP contribution < -0.4 is 0 Å². The van der Waals surface area contributed by atoms with E-state index in [1.54, 1.807) is 30.3 Å². The highest BCUT2D eigenvalue weighted by Crippen LogP contribution is 2.56. The van der Waals surface area contributed by atoms with E-state index in [-0.39, 0.29) is 35.4 Å². The normalized spacial score (nSPS) is 28.1. The zero-order valence-corrected chi connectivity index (χ0v) is 34.2. The summed E-state index contributed by atoms with van der Waals surface area (Å²) in [5.41, 5.74) is -4.21. The van der Waals surface area contributed by atoms with Crippen LogP contribution in [0.15, 0.2) is 72.8 Å². The van der Waals surface area contributed by atoms with Gasteiger partial charge in [-0.3, -0.25) is 0 Å². The van der Waals surface area contributed by atoms with Gasteiger partial charge < -0.3 is 43.4 Å². The number of fused-ring (bicyclic) bond motifs is 2. The van der Waals surface area contributed by atoms with Crippen molar-refractivity contribution in [3.8, 4) is 0 Å². The minimum Gasteiger partial charge on any atom is -0.467 e. The molecule has 0 amide bonds. The molecule has 2 aliphatic heterocycles. The number of hydrogen-bond donors (Lipinski definition) is 3. The zero-order chi connectivity index (χ0) is 40.5. The van der Waals surface area contributed by atoms with Crippen molar-refractivity contribution in [2.24, 2.45) is 5.92 Å². The van der Waals surface area contributed by atoms with Gasteiger partial charge in [-0.2, -0.15) is 0 Å². The molecule has 13 heteroatoms. The van der Waals surface area contributed by atoms with E-state index in [9.17, 15) is 29.7 Å². The van der Waals surface area contributed by atoms with E-state index in [1.807, 2.05) is 30.3 Å². The maximum absolute atomic E-state index is 13.9. The van der Waals surface area contributed by atoms with Gasteiger partial charge in [0.25, 0.3) is 0 Å². The van der Waals surface area contributed by atoms with Crippen molar-refractivity contribution >= 4 is 26.2 Å². The Hall–Kier alpha value is -3.43. The van der Waals surface area contributed by atoms with E-state index < -0.39 is 67.6 Å². The molecule has 2 aliphatic rings. The van der Waals surface area contributed by atoms with Gasteiger partial charge >= 0.3 is 17.9 Å². The number of aliphatic hydroxyl groups excluding tert-OH is 2. The van der Waals surface area contributed by atoms with Crippen molar-refractivity contribution in [2.45, 2.75) is 132 Å². The molecule has 2 fully saturated rings. The lowest BCUT2D eigenvalue weighted by atomic mass is 9.74. The van der Waals surface area contributed by atoms with Gasteiger partial charge in [-0.05, 0) is 52.1 Å². The molecule has 0 radical (unpaired) electrons. The van der Waals surface area contributed by atoms with Gasteiger partial charge in [0.2, 0.25) is 25.6 Å². The molecule has 54 heavy (non-hydrogen) atoms. The van der Waals surface area contributed by atoms with E-state index in [4.69, 9.17) is 28.1 Å². The van der Waals surface area contributed by atoms with E-state index in [1.165, 1.54) is 0 Å². The van der Waals surface area contributed by atoms with Gasteiger partial charge in [0.05, 0.1) is 20.3 Å². The Morgan fingerprint density at radius 2 is 1.41 bits per heavy atom. The first-order valence-corrected chi connectivity index (χ1v) is 20.7. The van der Waals surface area contributed by atoms with Gasteiger partial charge in [-0.25, -0.2) is 14.4 Å². The molecule has 3 N–H and O–H groups in total. The minimum absolute atomic E-state index is 0.0500. The molecule has 2 aromatic carbocycles. The molecule has 2 saturated heterocycles. The third-order valence-corrected chi connectivity index (χ3v) is 18.0. The molecule has 0 aromatic heterocycles. The monoisotopic (exact) mass is 770 g/mol. The summed E-state index contributed by atoms with van der Waals surface area (Å²) in [4.78, 5) is 41.0. The number of benzene rings is 2. The van der Waals surface area contributed by atoms with Crippen LogP contribution in [0, 0.1) is 5.92 Å². The second kappa shape index (κ2) is 16.0. The number of ether oxygens (including phenoxy) is 5. The van der Waals surface area contributed by atoms with Gasteiger partial charge in [-0.1, -0.05) is 116 Å². The lowest BCUT2D eigenvalue weighted by molar-refractivity contribution is -0.375. The Balaban J connectivity index is 1.75. The van der Waals surface area contributed by atoms with Gasteiger partial charge in [-0.15, -0.1) is 0 Å². The predicted molar refractivity (Wildman–Crippen MR) is 202 cm³/mol. The standard InChI is InChI=1S/C41H58O12Si/c1-26(30(27(2)24-28-18-14-12-15-19-28)52-54(11,37(3,4)5)38(6,7)8)22-23-39-31(42)32(43)41(53-39,36(46)49-10)40(47,33(51-39)34(44)48-9)35(45)50-25-29-20-16-13-17-21-29/h12-21,27,30-33,42-43,47H,1,22-25H2,2-11H3/t27-,30-,31-,32-,33-,39+,40-,41+/m1/s1. The predicted octanol–water partition coefficient (Wildman–Crippen LogP) is 5.17. The molecule has 0 saturated carbocycles. The van der Waals surface area contributed by atoms with Crippen LogP contribution in [-0.4, -0.2) is 97.2 Å². The molecule has 2 bridgehead atoms. The van der Waals surface area contributed by atoms with Crippen molar-refractivity contribution in [1.29, 1.82) is 0 Å². The number of carbonyl (C=O) groups excluding carboxylic acids is 3. The fraction of sp³-hybridized carbons (Fsp3) is 0.585. The quantitative estimate of drug-likeness (QED) is 0.100. The van der Waals surface area contributed by atoms with Crippen LogP contribution in [0.25, 0.3) is 0 Å². The lowest BCUT2D eigenvalue weighted by Crippen LogP contribution is -2.78. The van der Waals surface area contributed by atoms with Crippen LogP contribution in [0.2, 0.25) is 16.6 Å². The summed E-state index contributed by atoms with van der Waals surface area (Å²) in [5, 5.41) is 35.2. The Bertz CT molecular complexity index is 1640. The fourth-order valence-electron chi connectivity index (χ4n) is 7.78. The summed E-state index contributed by atoms with van der Waals surface area (Å²) < 4.78 is 34.8. The second-order valence-electron chi connectivity index (χ2n) is 16.8. The Kier molecular flexibility index (Phi) is 12.8. The summed E-state index contributed by atoms with van der Waals surface area (Å²) in [5.74, 6) is -6.69. The first-order chi connectivity index (χ1) is 25.1. The topological polar surface area (TPSA) is 167 Å². The SMILES string of the molecule is C=C(CC[C@]12O[C@H](C(=O)OC)[C@@](O)(C(=O)OCc3ccccc3)[C@](C(=O)OC)(O1)[C@H](O)[C@H]2O)[C@@H](O[Si](C)(C(C)(C)C)C(C)(C)C)[C@H](C)Cc1ccccc1. The first kappa shape index (κ1) is 43.3. The Morgan fingerprint density at radius 1 is 0.870 bits per heavy atom. The summed E-state index contributed by atoms with van der Waals surface area (Å²) in [6.07, 6.45) is -6.78. The molecule has 2 heterocycles. The van der Waals surface area contributed by atoms with Crippen LogP contribution in [0.1, 0.15) is 72.4 Å². The molecular weight excluding hydrogens is 713 g/mol. The molecule has 4 rings (SSSR count).